The third-order valence-electron chi connectivity index (χ3n) is 4.69. The molecule has 0 atom stereocenters. The van der Waals surface area contributed by atoms with E-state index in [1.807, 2.05) is 0 Å². The Morgan fingerprint density at radius 3 is 2.37 bits per heavy atom. The third kappa shape index (κ3) is 5.64. The summed E-state index contributed by atoms with van der Waals surface area (Å²) in [7, 11) is 0. The molecule has 0 aliphatic carbocycles. The molecule has 1 N–H and O–H groups in total. The number of halogens is 4. The summed E-state index contributed by atoms with van der Waals surface area (Å²) in [5.74, 6) is 0.907. The predicted molar refractivity (Wildman–Crippen MR) is 108 cm³/mol. The normalized spacial score (nSPS) is 16.5. The van der Waals surface area contributed by atoms with Crippen LogP contribution >= 0.6 is 34.8 Å². The van der Waals surface area contributed by atoms with Gasteiger partial charge in [-0.25, -0.2) is 9.37 Å². The highest BCUT2D eigenvalue weighted by molar-refractivity contribution is 6.66. The first-order chi connectivity index (χ1) is 12.8. The van der Waals surface area contributed by atoms with Gasteiger partial charge >= 0.3 is 0 Å². The fraction of sp³-hybridized carbons (Fsp3) is 0.500. The Bertz CT molecular complexity index is 759. The van der Waals surface area contributed by atoms with Crippen molar-refractivity contribution in [1.82, 2.24) is 19.9 Å². The molecule has 0 bridgehead atoms. The van der Waals surface area contributed by atoms with E-state index in [1.54, 1.807) is 12.1 Å². The molecule has 2 aromatic rings. The molecule has 0 amide bonds. The van der Waals surface area contributed by atoms with Crippen molar-refractivity contribution in [3.63, 3.8) is 0 Å². The molecule has 1 aromatic heterocycles. The van der Waals surface area contributed by atoms with Crippen LogP contribution in [0.2, 0.25) is 0 Å². The second kappa shape index (κ2) is 8.86. The van der Waals surface area contributed by atoms with Crippen LogP contribution < -0.4 is 5.32 Å². The quantitative estimate of drug-likeness (QED) is 0.697. The Morgan fingerprint density at radius 2 is 1.78 bits per heavy atom. The summed E-state index contributed by atoms with van der Waals surface area (Å²) in [4.78, 5) is 15.3. The average molecular weight is 433 g/mol. The van der Waals surface area contributed by atoms with Gasteiger partial charge in [0.2, 0.25) is 9.74 Å². The highest BCUT2D eigenvalue weighted by atomic mass is 35.6. The Hall–Kier alpha value is -1.21. The summed E-state index contributed by atoms with van der Waals surface area (Å²) in [5, 5.41) is 3.25. The van der Waals surface area contributed by atoms with E-state index < -0.39 is 3.79 Å². The Morgan fingerprint density at radius 1 is 1.11 bits per heavy atom. The zero-order valence-corrected chi connectivity index (χ0v) is 17.2. The fourth-order valence-corrected chi connectivity index (χ4v) is 3.31. The molecule has 0 unspecified atom stereocenters. The number of aromatic nitrogens is 3. The number of piperidine rings is 1. The van der Waals surface area contributed by atoms with Crippen molar-refractivity contribution in [2.75, 3.05) is 31.5 Å². The number of hydrogen-bond donors (Lipinski definition) is 1. The lowest BCUT2D eigenvalue weighted by molar-refractivity contribution is 0.198. The van der Waals surface area contributed by atoms with Crippen molar-refractivity contribution in [3.8, 4) is 11.4 Å². The molecular formula is C18H21Cl3FN5. The number of rotatable bonds is 5. The van der Waals surface area contributed by atoms with Crippen LogP contribution in [0.4, 0.5) is 10.3 Å². The van der Waals surface area contributed by atoms with E-state index in [2.05, 4.69) is 32.1 Å². The number of likely N-dealkylation sites (tertiary alicyclic amines) is 1. The van der Waals surface area contributed by atoms with E-state index in [0.29, 0.717) is 23.3 Å². The fourth-order valence-electron chi connectivity index (χ4n) is 3.05. The first-order valence-corrected chi connectivity index (χ1v) is 10.0. The maximum atomic E-state index is 13.2. The van der Waals surface area contributed by atoms with Crippen LogP contribution in [0.25, 0.3) is 11.4 Å². The molecule has 0 saturated carbocycles. The number of nitrogens with one attached hydrogen (secondary N) is 1. The number of anilines is 1. The smallest absolute Gasteiger partial charge is 0.250 e. The summed E-state index contributed by atoms with van der Waals surface area (Å²) < 4.78 is 11.4. The van der Waals surface area contributed by atoms with E-state index in [1.165, 1.54) is 12.1 Å². The van der Waals surface area contributed by atoms with E-state index in [-0.39, 0.29) is 11.6 Å². The van der Waals surface area contributed by atoms with Gasteiger partial charge in [-0.2, -0.15) is 9.97 Å². The molecule has 9 heteroatoms. The monoisotopic (exact) mass is 431 g/mol. The third-order valence-corrected chi connectivity index (χ3v) is 5.20. The van der Waals surface area contributed by atoms with Gasteiger partial charge in [-0.05, 0) is 62.7 Å². The van der Waals surface area contributed by atoms with Crippen molar-refractivity contribution in [3.05, 3.63) is 35.9 Å². The van der Waals surface area contributed by atoms with Crippen molar-refractivity contribution in [2.45, 2.75) is 23.6 Å². The zero-order valence-electron chi connectivity index (χ0n) is 14.9. The van der Waals surface area contributed by atoms with Crippen LogP contribution in [0, 0.1) is 11.7 Å². The predicted octanol–water partition coefficient (Wildman–Crippen LogP) is 4.65. The van der Waals surface area contributed by atoms with Crippen LogP contribution in [-0.2, 0) is 3.79 Å². The topological polar surface area (TPSA) is 53.9 Å². The first-order valence-electron chi connectivity index (χ1n) is 8.90. The van der Waals surface area contributed by atoms with Gasteiger partial charge in [0.1, 0.15) is 5.82 Å². The summed E-state index contributed by atoms with van der Waals surface area (Å²) in [6, 6.07) is 5.83. The molecule has 3 rings (SSSR count). The second-order valence-electron chi connectivity index (χ2n) is 6.57. The summed E-state index contributed by atoms with van der Waals surface area (Å²) >= 11 is 17.9. The number of alkyl halides is 3. The number of nitrogens with zero attached hydrogens (tertiary/aromatic N) is 4. The SMILES string of the molecule is CCN1CCC(CNc2nc(-c3ccc(F)cc3)nc(C(Cl)(Cl)Cl)n2)CC1. The lowest BCUT2D eigenvalue weighted by Gasteiger charge is -2.31. The van der Waals surface area contributed by atoms with Crippen molar-refractivity contribution < 1.29 is 4.39 Å². The van der Waals surface area contributed by atoms with Crippen LogP contribution in [-0.4, -0.2) is 46.0 Å². The van der Waals surface area contributed by atoms with Gasteiger partial charge in [0, 0.05) is 12.1 Å². The molecule has 0 radical (unpaired) electrons. The lowest BCUT2D eigenvalue weighted by atomic mass is 9.97. The van der Waals surface area contributed by atoms with Crippen LogP contribution in [0.1, 0.15) is 25.6 Å². The second-order valence-corrected chi connectivity index (χ2v) is 8.85. The van der Waals surface area contributed by atoms with E-state index in [0.717, 1.165) is 39.0 Å². The maximum absolute atomic E-state index is 13.2. The molecule has 0 spiro atoms. The van der Waals surface area contributed by atoms with E-state index in [9.17, 15) is 4.39 Å². The molecule has 1 aromatic carbocycles. The highest BCUT2D eigenvalue weighted by Crippen LogP contribution is 2.36. The summed E-state index contributed by atoms with van der Waals surface area (Å²) in [5.41, 5.74) is 0.619. The summed E-state index contributed by atoms with van der Waals surface area (Å²) in [6.07, 6.45) is 2.24. The Balaban J connectivity index is 1.77. The van der Waals surface area contributed by atoms with Gasteiger partial charge in [-0.15, -0.1) is 0 Å². The molecule has 2 heterocycles. The van der Waals surface area contributed by atoms with Gasteiger partial charge in [0.15, 0.2) is 11.6 Å². The first kappa shape index (κ1) is 20.5. The van der Waals surface area contributed by atoms with Gasteiger partial charge < -0.3 is 10.2 Å². The maximum Gasteiger partial charge on any atom is 0.250 e. The van der Waals surface area contributed by atoms with Gasteiger partial charge in [0.25, 0.3) is 0 Å². The van der Waals surface area contributed by atoms with E-state index in [4.69, 9.17) is 34.8 Å². The minimum absolute atomic E-state index is 0.0325. The van der Waals surface area contributed by atoms with Crippen molar-refractivity contribution >= 4 is 40.8 Å². The Kier molecular flexibility index (Phi) is 6.74. The molecular weight excluding hydrogens is 412 g/mol. The molecule has 5 nitrogen and oxygen atoms in total. The van der Waals surface area contributed by atoms with Crippen LogP contribution in [0.5, 0.6) is 0 Å². The van der Waals surface area contributed by atoms with Gasteiger partial charge in [0.05, 0.1) is 0 Å². The van der Waals surface area contributed by atoms with Crippen molar-refractivity contribution in [2.24, 2.45) is 5.92 Å². The highest BCUT2D eigenvalue weighted by Gasteiger charge is 2.29. The molecule has 1 aliphatic heterocycles. The van der Waals surface area contributed by atoms with Gasteiger partial charge in [-0.3, -0.25) is 0 Å². The number of benzene rings is 1. The van der Waals surface area contributed by atoms with Crippen LogP contribution in [0.15, 0.2) is 24.3 Å². The summed E-state index contributed by atoms with van der Waals surface area (Å²) in [6.45, 7) is 6.20. The zero-order chi connectivity index (χ0) is 19.4. The molecule has 27 heavy (non-hydrogen) atoms. The van der Waals surface area contributed by atoms with Crippen LogP contribution in [0.3, 0.4) is 0 Å². The molecule has 1 aliphatic rings. The minimum Gasteiger partial charge on any atom is -0.354 e. The average Bonchev–Trinajstić information content (AvgIpc) is 2.66. The number of hydrogen-bond acceptors (Lipinski definition) is 5. The molecule has 1 saturated heterocycles. The Labute approximate surface area is 173 Å². The molecule has 1 fully saturated rings. The van der Waals surface area contributed by atoms with Crippen molar-refractivity contribution in [1.29, 1.82) is 0 Å². The largest absolute Gasteiger partial charge is 0.354 e. The minimum atomic E-state index is -1.78. The standard InChI is InChI=1S/C18H21Cl3FN5/c1-2-27-9-7-12(8-10-27)11-23-17-25-15(13-3-5-14(22)6-4-13)24-16(26-17)18(19,20)21/h3-6,12H,2,7-11H2,1H3,(H,23,24,25,26). The molecule has 146 valence electrons. The van der Waals surface area contributed by atoms with Gasteiger partial charge in [-0.1, -0.05) is 41.7 Å². The lowest BCUT2D eigenvalue weighted by Crippen LogP contribution is -2.35. The van der Waals surface area contributed by atoms with E-state index >= 15 is 0 Å².